The second kappa shape index (κ2) is 8.42. The van der Waals surface area contributed by atoms with Gasteiger partial charge in [-0.2, -0.15) is 9.29 Å². The molecule has 168 valence electrons. The quantitative estimate of drug-likeness (QED) is 0.579. The second-order valence-corrected chi connectivity index (χ2v) is 11.3. The van der Waals surface area contributed by atoms with Crippen molar-refractivity contribution in [3.8, 4) is 11.4 Å². The summed E-state index contributed by atoms with van der Waals surface area (Å²) >= 11 is 1.14. The van der Waals surface area contributed by atoms with Gasteiger partial charge in [-0.05, 0) is 36.5 Å². The summed E-state index contributed by atoms with van der Waals surface area (Å²) in [6.07, 6.45) is 2.22. The minimum atomic E-state index is -3.69. The minimum Gasteiger partial charge on any atom is -0.339 e. The average molecular weight is 473 g/mol. The summed E-state index contributed by atoms with van der Waals surface area (Å²) in [5.41, 5.74) is 3.08. The molecule has 0 radical (unpaired) electrons. The summed E-state index contributed by atoms with van der Waals surface area (Å²) in [6.45, 7) is 3.60. The number of piperidine rings is 1. The van der Waals surface area contributed by atoms with Gasteiger partial charge < -0.3 is 9.42 Å². The molecule has 0 N–H and O–H groups in total. The number of sulfonamides is 1. The number of carbonyl (C=O) groups excluding carboxylic acids is 1. The van der Waals surface area contributed by atoms with Gasteiger partial charge in [0.25, 0.3) is 10.0 Å². The molecule has 1 atom stereocenters. The molecule has 1 fully saturated rings. The summed E-state index contributed by atoms with van der Waals surface area (Å²) in [7, 11) is -3.69. The largest absolute Gasteiger partial charge is 0.339 e. The minimum absolute atomic E-state index is 0.0496. The summed E-state index contributed by atoms with van der Waals surface area (Å²) in [6, 6.07) is 9.77. The monoisotopic (exact) mass is 472 g/mol. The second-order valence-electron chi connectivity index (χ2n) is 8.27. The third kappa shape index (κ3) is 3.98. The van der Waals surface area contributed by atoms with Crippen LogP contribution in [0.5, 0.6) is 0 Å². The first kappa shape index (κ1) is 21.3. The Morgan fingerprint density at radius 1 is 1.22 bits per heavy atom. The maximum absolute atomic E-state index is 13.3. The lowest BCUT2D eigenvalue weighted by Crippen LogP contribution is -2.47. The summed E-state index contributed by atoms with van der Waals surface area (Å²) in [5, 5.41) is 5.58. The first-order valence-corrected chi connectivity index (χ1v) is 13.0. The molecule has 1 amide bonds. The van der Waals surface area contributed by atoms with Crippen molar-refractivity contribution in [2.45, 2.75) is 36.9 Å². The Balaban J connectivity index is 1.30. The highest BCUT2D eigenvalue weighted by Crippen LogP contribution is 2.32. The number of benzene rings is 1. The number of aryl methyl sites for hydroxylation is 1. The van der Waals surface area contributed by atoms with E-state index in [2.05, 4.69) is 22.3 Å². The van der Waals surface area contributed by atoms with E-state index in [-0.39, 0.29) is 22.6 Å². The third-order valence-corrected chi connectivity index (χ3v) is 9.41. The van der Waals surface area contributed by atoms with Crippen LogP contribution < -0.4 is 0 Å². The number of hydrogen-bond acceptors (Lipinski definition) is 7. The number of thiophene rings is 1. The van der Waals surface area contributed by atoms with Crippen molar-refractivity contribution < 1.29 is 17.7 Å². The maximum Gasteiger partial charge on any atom is 0.252 e. The third-order valence-electron chi connectivity index (χ3n) is 6.13. The van der Waals surface area contributed by atoms with Crippen LogP contribution in [0.15, 0.2) is 44.4 Å². The lowest BCUT2D eigenvalue weighted by atomic mass is 9.95. The SMILES string of the molecule is Cc1nc(-c2csc(S(=O)(=O)N3CCCC(C(=O)N4CCc5ccccc5C4)C3)c2)no1. The zero-order valence-corrected chi connectivity index (χ0v) is 19.4. The first-order valence-electron chi connectivity index (χ1n) is 10.7. The molecule has 1 aromatic carbocycles. The van der Waals surface area contributed by atoms with E-state index in [0.29, 0.717) is 49.8 Å². The number of fused-ring (bicyclic) bond motifs is 1. The Hall–Kier alpha value is -2.56. The standard InChI is InChI=1S/C22H24N4O4S2/c1-15-23-21(24-30-15)19-11-20(31-14-19)32(28,29)26-9-4-7-18(13-26)22(27)25-10-8-16-5-2-3-6-17(16)12-25/h2-3,5-6,11,14,18H,4,7-10,12-13H2,1H3. The van der Waals surface area contributed by atoms with E-state index < -0.39 is 10.0 Å². The molecule has 0 spiro atoms. The van der Waals surface area contributed by atoms with Gasteiger partial charge in [0, 0.05) is 44.0 Å². The predicted molar refractivity (Wildman–Crippen MR) is 119 cm³/mol. The van der Waals surface area contributed by atoms with Crippen LogP contribution in [-0.4, -0.2) is 53.3 Å². The highest BCUT2D eigenvalue weighted by molar-refractivity contribution is 7.91. The smallest absolute Gasteiger partial charge is 0.252 e. The van der Waals surface area contributed by atoms with E-state index >= 15 is 0 Å². The molecule has 0 aliphatic carbocycles. The number of carbonyl (C=O) groups is 1. The fraction of sp³-hybridized carbons (Fsp3) is 0.409. The highest BCUT2D eigenvalue weighted by atomic mass is 32.2. The molecule has 5 rings (SSSR count). The van der Waals surface area contributed by atoms with Crippen molar-refractivity contribution in [3.63, 3.8) is 0 Å². The van der Waals surface area contributed by atoms with Gasteiger partial charge >= 0.3 is 0 Å². The normalized spacial score (nSPS) is 19.7. The van der Waals surface area contributed by atoms with Crippen molar-refractivity contribution in [2.24, 2.45) is 5.92 Å². The lowest BCUT2D eigenvalue weighted by molar-refractivity contribution is -0.137. The number of hydrogen-bond donors (Lipinski definition) is 0. The van der Waals surface area contributed by atoms with Crippen LogP contribution in [0.25, 0.3) is 11.4 Å². The summed E-state index contributed by atoms with van der Waals surface area (Å²) < 4.78 is 33.3. The van der Waals surface area contributed by atoms with Crippen LogP contribution in [0.2, 0.25) is 0 Å². The molecule has 8 nitrogen and oxygen atoms in total. The summed E-state index contributed by atoms with van der Waals surface area (Å²) in [5.74, 6) is 0.530. The Morgan fingerprint density at radius 2 is 2.03 bits per heavy atom. The zero-order valence-electron chi connectivity index (χ0n) is 17.7. The molecule has 2 aliphatic heterocycles. The molecule has 4 heterocycles. The molecular formula is C22H24N4O4S2. The Labute approximate surface area is 190 Å². The van der Waals surface area contributed by atoms with Crippen LogP contribution in [0.4, 0.5) is 0 Å². The number of nitrogens with zero attached hydrogens (tertiary/aromatic N) is 4. The van der Waals surface area contributed by atoms with E-state index in [4.69, 9.17) is 4.52 Å². The van der Waals surface area contributed by atoms with E-state index in [9.17, 15) is 13.2 Å². The van der Waals surface area contributed by atoms with Gasteiger partial charge in [-0.1, -0.05) is 29.4 Å². The first-order chi connectivity index (χ1) is 15.4. The topological polar surface area (TPSA) is 96.6 Å². The fourth-order valence-electron chi connectivity index (χ4n) is 4.42. The van der Waals surface area contributed by atoms with Gasteiger partial charge in [0.05, 0.1) is 5.92 Å². The molecule has 2 aliphatic rings. The molecule has 1 unspecified atom stereocenters. The molecular weight excluding hydrogens is 448 g/mol. The molecule has 0 saturated carbocycles. The Morgan fingerprint density at radius 3 is 2.81 bits per heavy atom. The van der Waals surface area contributed by atoms with E-state index in [0.717, 1.165) is 17.8 Å². The van der Waals surface area contributed by atoms with Crippen LogP contribution in [0.1, 0.15) is 29.9 Å². The number of amides is 1. The van der Waals surface area contributed by atoms with Crippen LogP contribution in [0.3, 0.4) is 0 Å². The molecule has 10 heteroatoms. The van der Waals surface area contributed by atoms with Crippen LogP contribution in [0, 0.1) is 12.8 Å². The molecule has 3 aromatic rings. The van der Waals surface area contributed by atoms with Gasteiger partial charge in [0.2, 0.25) is 17.6 Å². The van der Waals surface area contributed by atoms with E-state index in [1.807, 2.05) is 17.0 Å². The molecule has 1 saturated heterocycles. The highest BCUT2D eigenvalue weighted by Gasteiger charge is 2.36. The zero-order chi connectivity index (χ0) is 22.3. The van der Waals surface area contributed by atoms with Gasteiger partial charge in [0.15, 0.2) is 0 Å². The van der Waals surface area contributed by atoms with Gasteiger partial charge in [-0.15, -0.1) is 11.3 Å². The Bertz CT molecular complexity index is 1250. The van der Waals surface area contributed by atoms with Crippen molar-refractivity contribution in [2.75, 3.05) is 19.6 Å². The maximum atomic E-state index is 13.3. The van der Waals surface area contributed by atoms with Gasteiger partial charge in [-0.3, -0.25) is 4.79 Å². The molecule has 2 aromatic heterocycles. The van der Waals surface area contributed by atoms with Crippen molar-refractivity contribution in [1.82, 2.24) is 19.3 Å². The van der Waals surface area contributed by atoms with Crippen LogP contribution in [-0.2, 0) is 27.8 Å². The van der Waals surface area contributed by atoms with E-state index in [1.54, 1.807) is 18.4 Å². The van der Waals surface area contributed by atoms with Gasteiger partial charge in [-0.25, -0.2) is 8.42 Å². The predicted octanol–water partition coefficient (Wildman–Crippen LogP) is 3.09. The number of aromatic nitrogens is 2. The van der Waals surface area contributed by atoms with Gasteiger partial charge in [0.1, 0.15) is 4.21 Å². The van der Waals surface area contributed by atoms with E-state index in [1.165, 1.54) is 15.4 Å². The van der Waals surface area contributed by atoms with Crippen molar-refractivity contribution >= 4 is 27.3 Å². The number of rotatable bonds is 4. The van der Waals surface area contributed by atoms with Crippen molar-refractivity contribution in [1.29, 1.82) is 0 Å². The Kier molecular flexibility index (Phi) is 5.60. The average Bonchev–Trinajstić information content (AvgIpc) is 3.48. The molecule has 0 bridgehead atoms. The van der Waals surface area contributed by atoms with Crippen molar-refractivity contribution in [3.05, 3.63) is 52.7 Å². The lowest BCUT2D eigenvalue weighted by Gasteiger charge is -2.36. The molecule has 32 heavy (non-hydrogen) atoms. The summed E-state index contributed by atoms with van der Waals surface area (Å²) in [4.78, 5) is 19.3. The fourth-order valence-corrected chi connectivity index (χ4v) is 7.25. The van der Waals surface area contributed by atoms with Crippen LogP contribution >= 0.6 is 11.3 Å².